The summed E-state index contributed by atoms with van der Waals surface area (Å²) in [7, 11) is -4.11. The summed E-state index contributed by atoms with van der Waals surface area (Å²) < 4.78 is 35.3. The third-order valence-corrected chi connectivity index (χ3v) is 3.27. The zero-order valence-corrected chi connectivity index (χ0v) is 12.4. The molecule has 0 spiro atoms. The van der Waals surface area contributed by atoms with Gasteiger partial charge in [-0.25, -0.2) is 4.79 Å². The number of carbonyl (C=O) groups excluding carboxylic acids is 1. The molecule has 0 saturated carbocycles. The van der Waals surface area contributed by atoms with Crippen molar-refractivity contribution in [1.82, 2.24) is 0 Å². The summed E-state index contributed by atoms with van der Waals surface area (Å²) in [4.78, 5) is 11.5. The van der Waals surface area contributed by atoms with Crippen LogP contribution in [0.2, 0.25) is 0 Å². The van der Waals surface area contributed by atoms with Gasteiger partial charge in [-0.15, -0.1) is 0 Å². The lowest BCUT2D eigenvalue weighted by molar-refractivity contribution is 0.0528. The van der Waals surface area contributed by atoms with E-state index < -0.39 is 21.8 Å². The molecule has 1 N–H and O–H groups in total. The van der Waals surface area contributed by atoms with Crippen LogP contribution in [0.4, 0.5) is 0 Å². The molecule has 17 heavy (non-hydrogen) atoms. The van der Waals surface area contributed by atoms with E-state index in [0.717, 1.165) is 0 Å². The first-order valence-electron chi connectivity index (χ1n) is 4.36. The largest absolute Gasteiger partial charge is 0.461 e. The summed E-state index contributed by atoms with van der Waals surface area (Å²) in [6, 6.07) is 4.83. The average molecular weight is 388 g/mol. The summed E-state index contributed by atoms with van der Waals surface area (Å²) in [5.74, 6) is -1.27. The minimum absolute atomic E-state index is 0.279. The van der Waals surface area contributed by atoms with Gasteiger partial charge in [0.1, 0.15) is 12.4 Å². The van der Waals surface area contributed by atoms with Crippen LogP contribution in [0, 0.1) is 0 Å². The van der Waals surface area contributed by atoms with Crippen LogP contribution in [0.15, 0.2) is 27.1 Å². The highest BCUT2D eigenvalue weighted by molar-refractivity contribution is 9.11. The van der Waals surface area contributed by atoms with Crippen molar-refractivity contribution in [2.24, 2.45) is 0 Å². The standard InChI is InChI=1S/C9H8Br2O5S/c10-7-3-6(4-8(11)5-7)9(12)16-1-2-17(13,14)15/h3-5H,1-2H2,(H,13,14,15). The lowest BCUT2D eigenvalue weighted by Gasteiger charge is -2.04. The molecule has 0 aliphatic heterocycles. The molecular formula is C9H8Br2O5S. The maximum absolute atomic E-state index is 11.5. The lowest BCUT2D eigenvalue weighted by atomic mass is 10.2. The van der Waals surface area contributed by atoms with Crippen LogP contribution < -0.4 is 0 Å². The predicted octanol–water partition coefficient (Wildman–Crippen LogP) is 2.26. The quantitative estimate of drug-likeness (QED) is 0.633. The fraction of sp³-hybridized carbons (Fsp3) is 0.222. The Balaban J connectivity index is 2.64. The molecule has 0 saturated heterocycles. The first-order chi connectivity index (χ1) is 7.78. The maximum Gasteiger partial charge on any atom is 0.338 e. The minimum Gasteiger partial charge on any atom is -0.461 e. The van der Waals surface area contributed by atoms with E-state index in [9.17, 15) is 13.2 Å². The molecule has 8 heteroatoms. The van der Waals surface area contributed by atoms with Crippen LogP contribution in [-0.2, 0) is 14.9 Å². The molecule has 0 fully saturated rings. The monoisotopic (exact) mass is 386 g/mol. The molecule has 0 unspecified atom stereocenters. The predicted molar refractivity (Wildman–Crippen MR) is 68.5 cm³/mol. The van der Waals surface area contributed by atoms with Crippen LogP contribution in [0.25, 0.3) is 0 Å². The van der Waals surface area contributed by atoms with Crippen molar-refractivity contribution in [3.63, 3.8) is 0 Å². The minimum atomic E-state index is -4.11. The van der Waals surface area contributed by atoms with E-state index >= 15 is 0 Å². The van der Waals surface area contributed by atoms with Crippen LogP contribution in [0.1, 0.15) is 10.4 Å². The number of rotatable bonds is 4. The van der Waals surface area contributed by atoms with Crippen molar-refractivity contribution in [2.75, 3.05) is 12.4 Å². The van der Waals surface area contributed by atoms with Crippen molar-refractivity contribution >= 4 is 47.9 Å². The van der Waals surface area contributed by atoms with Gasteiger partial charge in [0.05, 0.1) is 5.56 Å². The highest BCUT2D eigenvalue weighted by atomic mass is 79.9. The highest BCUT2D eigenvalue weighted by Gasteiger charge is 2.11. The maximum atomic E-state index is 11.5. The topological polar surface area (TPSA) is 80.7 Å². The normalized spacial score (nSPS) is 11.2. The molecule has 0 amide bonds. The first kappa shape index (κ1) is 14.6. The van der Waals surface area contributed by atoms with E-state index in [1.165, 1.54) is 0 Å². The fourth-order valence-electron chi connectivity index (χ4n) is 0.995. The van der Waals surface area contributed by atoms with E-state index in [1.54, 1.807) is 18.2 Å². The SMILES string of the molecule is O=C(OCCS(=O)(=O)O)c1cc(Br)cc(Br)c1. The van der Waals surface area contributed by atoms with E-state index in [-0.39, 0.29) is 12.2 Å². The third-order valence-electron chi connectivity index (χ3n) is 1.67. The Bertz CT molecular complexity index is 506. The fourth-order valence-corrected chi connectivity index (χ4v) is 2.58. The molecule has 0 atom stereocenters. The molecule has 0 aromatic heterocycles. The Kier molecular flexibility index (Phi) is 5.11. The van der Waals surface area contributed by atoms with Crippen LogP contribution in [-0.4, -0.2) is 31.3 Å². The van der Waals surface area contributed by atoms with E-state index in [0.29, 0.717) is 8.95 Å². The Morgan fingerprint density at radius 1 is 1.24 bits per heavy atom. The number of benzene rings is 1. The second-order valence-corrected chi connectivity index (χ2v) is 6.48. The Labute approximate surface area is 115 Å². The van der Waals surface area contributed by atoms with Crippen molar-refractivity contribution in [3.8, 4) is 0 Å². The second kappa shape index (κ2) is 5.94. The molecule has 0 heterocycles. The van der Waals surface area contributed by atoms with Crippen LogP contribution >= 0.6 is 31.9 Å². The van der Waals surface area contributed by atoms with Crippen LogP contribution in [0.5, 0.6) is 0 Å². The molecule has 0 radical (unpaired) electrons. The molecule has 94 valence electrons. The number of hydrogen-bond acceptors (Lipinski definition) is 4. The summed E-state index contributed by atoms with van der Waals surface area (Å²) >= 11 is 6.42. The van der Waals surface area contributed by atoms with Gasteiger partial charge in [0.2, 0.25) is 0 Å². The lowest BCUT2D eigenvalue weighted by Crippen LogP contribution is -2.14. The third kappa shape index (κ3) is 5.62. The Hall–Kier alpha value is -0.440. The molecule has 1 rings (SSSR count). The molecular weight excluding hydrogens is 380 g/mol. The summed E-state index contributed by atoms with van der Waals surface area (Å²) in [6.45, 7) is -0.387. The van der Waals surface area contributed by atoms with Crippen LogP contribution in [0.3, 0.4) is 0 Å². The molecule has 0 bridgehead atoms. The van der Waals surface area contributed by atoms with E-state index in [4.69, 9.17) is 9.29 Å². The number of ether oxygens (including phenoxy) is 1. The summed E-state index contributed by atoms with van der Waals surface area (Å²) in [5, 5.41) is 0. The van der Waals surface area contributed by atoms with E-state index in [2.05, 4.69) is 31.9 Å². The number of carbonyl (C=O) groups is 1. The first-order valence-corrected chi connectivity index (χ1v) is 7.56. The zero-order chi connectivity index (χ0) is 13.1. The van der Waals surface area contributed by atoms with Gasteiger partial charge in [-0.1, -0.05) is 31.9 Å². The molecule has 1 aromatic rings. The second-order valence-electron chi connectivity index (χ2n) is 3.08. The molecule has 0 aliphatic carbocycles. The van der Waals surface area contributed by atoms with Gasteiger partial charge < -0.3 is 4.74 Å². The average Bonchev–Trinajstić information content (AvgIpc) is 2.13. The number of esters is 1. The van der Waals surface area contributed by atoms with Gasteiger partial charge >= 0.3 is 5.97 Å². The van der Waals surface area contributed by atoms with Gasteiger partial charge in [-0.2, -0.15) is 8.42 Å². The van der Waals surface area contributed by atoms with Gasteiger partial charge in [-0.3, -0.25) is 4.55 Å². The summed E-state index contributed by atoms with van der Waals surface area (Å²) in [6.07, 6.45) is 0. The summed E-state index contributed by atoms with van der Waals surface area (Å²) in [5.41, 5.74) is 0.279. The Morgan fingerprint density at radius 2 is 1.76 bits per heavy atom. The molecule has 1 aromatic carbocycles. The van der Waals surface area contributed by atoms with Gasteiger partial charge in [0, 0.05) is 8.95 Å². The van der Waals surface area contributed by atoms with Crippen molar-refractivity contribution in [3.05, 3.63) is 32.7 Å². The van der Waals surface area contributed by atoms with Crippen molar-refractivity contribution < 1.29 is 22.5 Å². The van der Waals surface area contributed by atoms with Crippen molar-refractivity contribution in [2.45, 2.75) is 0 Å². The number of halogens is 2. The highest BCUT2D eigenvalue weighted by Crippen LogP contribution is 2.20. The van der Waals surface area contributed by atoms with Gasteiger partial charge in [-0.05, 0) is 18.2 Å². The zero-order valence-electron chi connectivity index (χ0n) is 8.39. The van der Waals surface area contributed by atoms with Crippen molar-refractivity contribution in [1.29, 1.82) is 0 Å². The van der Waals surface area contributed by atoms with E-state index in [1.807, 2.05) is 0 Å². The Morgan fingerprint density at radius 3 is 2.24 bits per heavy atom. The molecule has 5 nitrogen and oxygen atoms in total. The van der Waals surface area contributed by atoms with Gasteiger partial charge in [0.15, 0.2) is 0 Å². The van der Waals surface area contributed by atoms with Gasteiger partial charge in [0.25, 0.3) is 10.1 Å². The molecule has 0 aliphatic rings. The smallest absolute Gasteiger partial charge is 0.338 e. The number of hydrogen-bond donors (Lipinski definition) is 1.